The molecule has 2 amide bonds. The average molecular weight is 365 g/mol. The lowest BCUT2D eigenvalue weighted by Gasteiger charge is -2.36. The summed E-state index contributed by atoms with van der Waals surface area (Å²) in [6.45, 7) is 1.93. The van der Waals surface area contributed by atoms with Crippen LogP contribution in [0, 0.1) is 11.8 Å². The van der Waals surface area contributed by atoms with Gasteiger partial charge in [-0.2, -0.15) is 0 Å². The lowest BCUT2D eigenvalue weighted by Crippen LogP contribution is -2.51. The number of hydrogen-bond acceptors (Lipinski definition) is 3. The predicted octanol–water partition coefficient (Wildman–Crippen LogP) is 2.13. The third-order valence-electron chi connectivity index (χ3n) is 5.08. The van der Waals surface area contributed by atoms with Gasteiger partial charge in [0.25, 0.3) is 5.91 Å². The molecule has 1 aromatic rings. The van der Waals surface area contributed by atoms with Crippen LogP contribution < -0.4 is 0 Å². The summed E-state index contributed by atoms with van der Waals surface area (Å²) in [7, 11) is 0. The van der Waals surface area contributed by atoms with Gasteiger partial charge in [0.05, 0.1) is 5.92 Å². The summed E-state index contributed by atoms with van der Waals surface area (Å²) in [5.74, 6) is -1.47. The third kappa shape index (κ3) is 3.95. The molecular formula is C18H21ClN2O4. The van der Waals surface area contributed by atoms with E-state index in [2.05, 4.69) is 0 Å². The van der Waals surface area contributed by atoms with Gasteiger partial charge in [-0.1, -0.05) is 17.7 Å². The van der Waals surface area contributed by atoms with Crippen molar-refractivity contribution in [2.45, 2.75) is 19.3 Å². The second-order valence-corrected chi connectivity index (χ2v) is 7.11. The van der Waals surface area contributed by atoms with Crippen molar-refractivity contribution in [2.75, 3.05) is 26.2 Å². The van der Waals surface area contributed by atoms with E-state index in [-0.39, 0.29) is 17.7 Å². The summed E-state index contributed by atoms with van der Waals surface area (Å²) in [5.41, 5.74) is 0.548. The van der Waals surface area contributed by atoms with E-state index in [0.717, 1.165) is 0 Å². The fourth-order valence-corrected chi connectivity index (χ4v) is 3.81. The first-order valence-corrected chi connectivity index (χ1v) is 8.90. The van der Waals surface area contributed by atoms with E-state index in [9.17, 15) is 14.4 Å². The Morgan fingerprint density at radius 2 is 1.64 bits per heavy atom. The van der Waals surface area contributed by atoms with Crippen molar-refractivity contribution in [3.05, 3.63) is 34.9 Å². The number of carbonyl (C=O) groups is 3. The maximum absolute atomic E-state index is 12.6. The molecule has 1 saturated heterocycles. The molecule has 3 rings (SSSR count). The Balaban J connectivity index is 1.54. The lowest BCUT2D eigenvalue weighted by atomic mass is 10.0. The molecule has 1 heterocycles. The number of carboxylic acids is 1. The van der Waals surface area contributed by atoms with Crippen LogP contribution in [0.4, 0.5) is 0 Å². The van der Waals surface area contributed by atoms with E-state index in [1.165, 1.54) is 0 Å². The van der Waals surface area contributed by atoms with Crippen LogP contribution in [-0.2, 0) is 9.59 Å². The smallest absolute Gasteiger partial charge is 0.306 e. The number of carboxylic acid groups (broad SMARTS) is 1. The van der Waals surface area contributed by atoms with E-state index in [0.29, 0.717) is 56.0 Å². The SMILES string of the molecule is O=C(O)[C@@H]1CC[C@H](C(=O)N2CCN(C(=O)c3cccc(Cl)c3)CC2)C1. The topological polar surface area (TPSA) is 77.9 Å². The van der Waals surface area contributed by atoms with Gasteiger partial charge >= 0.3 is 5.97 Å². The molecule has 1 aromatic carbocycles. The van der Waals surface area contributed by atoms with E-state index >= 15 is 0 Å². The zero-order chi connectivity index (χ0) is 18.0. The van der Waals surface area contributed by atoms with Crippen molar-refractivity contribution in [2.24, 2.45) is 11.8 Å². The number of hydrogen-bond donors (Lipinski definition) is 1. The first-order chi connectivity index (χ1) is 12.0. The minimum absolute atomic E-state index is 0.0265. The van der Waals surface area contributed by atoms with Crippen molar-refractivity contribution in [1.29, 1.82) is 0 Å². The highest BCUT2D eigenvalue weighted by Crippen LogP contribution is 2.32. The Morgan fingerprint density at radius 1 is 1.00 bits per heavy atom. The van der Waals surface area contributed by atoms with Gasteiger partial charge in [-0.3, -0.25) is 14.4 Å². The van der Waals surface area contributed by atoms with Crippen LogP contribution in [0.2, 0.25) is 5.02 Å². The molecule has 7 heteroatoms. The summed E-state index contributed by atoms with van der Waals surface area (Å²) in [4.78, 5) is 39.6. The van der Waals surface area contributed by atoms with Crippen LogP contribution in [-0.4, -0.2) is 58.9 Å². The van der Waals surface area contributed by atoms with Crippen LogP contribution in [0.25, 0.3) is 0 Å². The molecule has 0 unspecified atom stereocenters. The Hall–Kier alpha value is -2.08. The number of nitrogens with zero attached hydrogens (tertiary/aromatic N) is 2. The number of aliphatic carboxylic acids is 1. The molecule has 2 fully saturated rings. The highest BCUT2D eigenvalue weighted by Gasteiger charge is 2.37. The molecule has 6 nitrogen and oxygen atoms in total. The largest absolute Gasteiger partial charge is 0.481 e. The second-order valence-electron chi connectivity index (χ2n) is 6.67. The maximum atomic E-state index is 12.6. The Kier molecular flexibility index (Phi) is 5.27. The maximum Gasteiger partial charge on any atom is 0.306 e. The van der Waals surface area contributed by atoms with Gasteiger partial charge in [0.2, 0.25) is 5.91 Å². The molecule has 0 aromatic heterocycles. The summed E-state index contributed by atoms with van der Waals surface area (Å²) in [6.07, 6.45) is 1.63. The summed E-state index contributed by atoms with van der Waals surface area (Å²) >= 11 is 5.93. The zero-order valence-corrected chi connectivity index (χ0v) is 14.6. The van der Waals surface area contributed by atoms with Crippen LogP contribution in [0.1, 0.15) is 29.6 Å². The van der Waals surface area contributed by atoms with Crippen LogP contribution in [0.3, 0.4) is 0 Å². The van der Waals surface area contributed by atoms with Crippen molar-refractivity contribution in [1.82, 2.24) is 9.80 Å². The molecule has 134 valence electrons. The first kappa shape index (κ1) is 17.7. The summed E-state index contributed by atoms with van der Waals surface area (Å²) in [5, 5.41) is 9.59. The van der Waals surface area contributed by atoms with E-state index in [4.69, 9.17) is 16.7 Å². The number of benzene rings is 1. The van der Waals surface area contributed by atoms with Gasteiger partial charge in [-0.25, -0.2) is 0 Å². The third-order valence-corrected chi connectivity index (χ3v) is 5.32. The fraction of sp³-hybridized carbons (Fsp3) is 0.500. The van der Waals surface area contributed by atoms with E-state index in [1.807, 2.05) is 0 Å². The fourth-order valence-electron chi connectivity index (χ4n) is 3.62. The molecule has 0 spiro atoms. The van der Waals surface area contributed by atoms with Crippen molar-refractivity contribution in [3.63, 3.8) is 0 Å². The first-order valence-electron chi connectivity index (χ1n) is 8.52. The zero-order valence-electron chi connectivity index (χ0n) is 13.9. The number of piperazine rings is 1. The standard InChI is InChI=1S/C18H21ClN2O4/c19-15-3-1-2-12(11-15)16(22)20-6-8-21(9-7-20)17(23)13-4-5-14(10-13)18(24)25/h1-3,11,13-14H,4-10H2,(H,24,25)/t13-,14+/m0/s1. The average Bonchev–Trinajstić information content (AvgIpc) is 3.11. The molecule has 1 N–H and O–H groups in total. The predicted molar refractivity (Wildman–Crippen MR) is 92.4 cm³/mol. The lowest BCUT2D eigenvalue weighted by molar-refractivity contribution is -0.142. The minimum atomic E-state index is -0.813. The van der Waals surface area contributed by atoms with Gasteiger partial charge in [0.1, 0.15) is 0 Å². The quantitative estimate of drug-likeness (QED) is 0.891. The van der Waals surface area contributed by atoms with Crippen LogP contribution in [0.5, 0.6) is 0 Å². The Labute approximate surface area is 151 Å². The number of carbonyl (C=O) groups excluding carboxylic acids is 2. The highest BCUT2D eigenvalue weighted by atomic mass is 35.5. The second kappa shape index (κ2) is 7.44. The molecule has 1 aliphatic heterocycles. The van der Waals surface area contributed by atoms with E-state index < -0.39 is 11.9 Å². The highest BCUT2D eigenvalue weighted by molar-refractivity contribution is 6.30. The monoisotopic (exact) mass is 364 g/mol. The molecule has 0 bridgehead atoms. The molecule has 2 aliphatic rings. The van der Waals surface area contributed by atoms with Crippen molar-refractivity contribution >= 4 is 29.4 Å². The Morgan fingerprint density at radius 3 is 2.24 bits per heavy atom. The van der Waals surface area contributed by atoms with Gasteiger partial charge in [0.15, 0.2) is 0 Å². The van der Waals surface area contributed by atoms with Crippen molar-refractivity contribution < 1.29 is 19.5 Å². The van der Waals surface area contributed by atoms with Gasteiger partial charge in [0, 0.05) is 42.7 Å². The van der Waals surface area contributed by atoms with Gasteiger partial charge in [-0.05, 0) is 37.5 Å². The summed E-state index contributed by atoms with van der Waals surface area (Å²) in [6, 6.07) is 6.84. The number of amides is 2. The minimum Gasteiger partial charge on any atom is -0.481 e. The van der Waals surface area contributed by atoms with E-state index in [1.54, 1.807) is 34.1 Å². The normalized spacial score (nSPS) is 23.6. The molecule has 2 atom stereocenters. The van der Waals surface area contributed by atoms with Crippen LogP contribution >= 0.6 is 11.6 Å². The molecule has 0 radical (unpaired) electrons. The number of rotatable bonds is 3. The molecular weight excluding hydrogens is 344 g/mol. The Bertz CT molecular complexity index is 685. The van der Waals surface area contributed by atoms with Gasteiger partial charge in [-0.15, -0.1) is 0 Å². The van der Waals surface area contributed by atoms with Crippen LogP contribution in [0.15, 0.2) is 24.3 Å². The number of halogens is 1. The van der Waals surface area contributed by atoms with Gasteiger partial charge < -0.3 is 14.9 Å². The molecule has 1 aliphatic carbocycles. The molecule has 1 saturated carbocycles. The summed E-state index contributed by atoms with van der Waals surface area (Å²) < 4.78 is 0. The molecule has 25 heavy (non-hydrogen) atoms. The van der Waals surface area contributed by atoms with Crippen molar-refractivity contribution in [3.8, 4) is 0 Å².